The normalized spacial score (nSPS) is 30.1. The van der Waals surface area contributed by atoms with Gasteiger partial charge in [-0.3, -0.25) is 9.59 Å². The molecule has 24 heavy (non-hydrogen) atoms. The van der Waals surface area contributed by atoms with Gasteiger partial charge in [-0.25, -0.2) is 4.98 Å². The maximum Gasteiger partial charge on any atom is 0.152 e. The summed E-state index contributed by atoms with van der Waals surface area (Å²) < 4.78 is 0. The molecule has 3 aliphatic rings. The van der Waals surface area contributed by atoms with E-state index >= 15 is 0 Å². The number of Topliss-reactive ketones (excluding diaryl/α,β-unsaturated/α-hetero) is 2. The minimum Gasteiger partial charge on any atom is -0.298 e. The van der Waals surface area contributed by atoms with Crippen LogP contribution in [0, 0.1) is 18.8 Å². The molecule has 2 fully saturated rings. The molecule has 3 nitrogen and oxygen atoms in total. The van der Waals surface area contributed by atoms with E-state index in [1.165, 1.54) is 11.3 Å². The van der Waals surface area contributed by atoms with Crippen molar-refractivity contribution >= 4 is 51.7 Å². The van der Waals surface area contributed by atoms with Crippen LogP contribution in [-0.2, 0) is 9.59 Å². The predicted molar refractivity (Wildman–Crippen MR) is 96.4 cm³/mol. The van der Waals surface area contributed by atoms with Gasteiger partial charge in [-0.1, -0.05) is 23.2 Å². The lowest BCUT2D eigenvalue weighted by Crippen LogP contribution is -2.35. The molecule has 0 amide bonds. The zero-order valence-electron chi connectivity index (χ0n) is 13.3. The van der Waals surface area contributed by atoms with Crippen LogP contribution in [0.25, 0.3) is 5.57 Å². The average Bonchev–Trinajstić information content (AvgIpc) is 3.15. The van der Waals surface area contributed by atoms with Gasteiger partial charge in [-0.2, -0.15) is 0 Å². The van der Waals surface area contributed by atoms with E-state index in [2.05, 4.69) is 4.98 Å². The van der Waals surface area contributed by atoms with Gasteiger partial charge in [0.15, 0.2) is 11.6 Å². The Morgan fingerprint density at radius 2 is 1.79 bits per heavy atom. The molecule has 0 spiro atoms. The molecule has 3 aliphatic carbocycles. The van der Waals surface area contributed by atoms with Gasteiger partial charge in [0, 0.05) is 32.4 Å². The Morgan fingerprint density at radius 3 is 2.46 bits per heavy atom. The van der Waals surface area contributed by atoms with Crippen molar-refractivity contribution in [1.82, 2.24) is 4.98 Å². The summed E-state index contributed by atoms with van der Waals surface area (Å²) >= 11 is 14.0. The molecule has 0 aromatic carbocycles. The number of halogens is 2. The third-order valence-corrected chi connectivity index (χ3v) is 7.03. The molecule has 0 aliphatic heterocycles. The van der Waals surface area contributed by atoms with Crippen LogP contribution in [0.4, 0.5) is 0 Å². The summed E-state index contributed by atoms with van der Waals surface area (Å²) in [5.74, 6) is -0.483. The summed E-state index contributed by atoms with van der Waals surface area (Å²) in [6.07, 6.45) is 5.72. The van der Waals surface area contributed by atoms with Gasteiger partial charge in [0.25, 0.3) is 0 Å². The Bertz CT molecular complexity index is 786. The van der Waals surface area contributed by atoms with Gasteiger partial charge >= 0.3 is 0 Å². The summed E-state index contributed by atoms with van der Waals surface area (Å²) in [5.41, 5.74) is 1.46. The first-order valence-corrected chi connectivity index (χ1v) is 9.82. The van der Waals surface area contributed by atoms with Crippen molar-refractivity contribution < 1.29 is 9.59 Å². The molecule has 6 heteroatoms. The van der Waals surface area contributed by atoms with Gasteiger partial charge < -0.3 is 0 Å². The monoisotopic (exact) mass is 381 g/mol. The van der Waals surface area contributed by atoms with E-state index in [1.807, 2.05) is 13.0 Å². The van der Waals surface area contributed by atoms with Crippen LogP contribution < -0.4 is 0 Å². The number of carbonyl (C=O) groups excluding carboxylic acids is 2. The van der Waals surface area contributed by atoms with Gasteiger partial charge in [0.05, 0.1) is 5.69 Å². The number of ketones is 2. The second-order valence-electron chi connectivity index (χ2n) is 6.81. The molecular weight excluding hydrogens is 365 g/mol. The molecule has 0 saturated heterocycles. The number of allylic oxidation sites excluding steroid dienone is 4. The second kappa shape index (κ2) is 6.08. The minimum absolute atomic E-state index is 0.0362. The van der Waals surface area contributed by atoms with Crippen LogP contribution in [0.15, 0.2) is 16.1 Å². The van der Waals surface area contributed by atoms with Crippen LogP contribution in [0.5, 0.6) is 0 Å². The van der Waals surface area contributed by atoms with Gasteiger partial charge in [0.2, 0.25) is 0 Å². The maximum atomic E-state index is 12.7. The molecule has 1 heterocycles. The zero-order valence-corrected chi connectivity index (χ0v) is 15.6. The SMILES string of the molecule is Cc1sc(C2=C(Cl)CCC(Cl)=C2)nc1C1C(=O)[C@H]2CC[C@@H](C2)C1=O. The van der Waals surface area contributed by atoms with Gasteiger partial charge in [-0.05, 0) is 45.1 Å². The van der Waals surface area contributed by atoms with Crippen LogP contribution in [0.1, 0.15) is 53.6 Å². The lowest BCUT2D eigenvalue weighted by molar-refractivity contribution is -0.136. The highest BCUT2D eigenvalue weighted by Crippen LogP contribution is 2.45. The summed E-state index contributed by atoms with van der Waals surface area (Å²) in [7, 11) is 0. The predicted octanol–water partition coefficient (Wildman–Crippen LogP) is 4.97. The summed E-state index contributed by atoms with van der Waals surface area (Å²) in [6, 6.07) is 0. The molecule has 1 aromatic rings. The fourth-order valence-electron chi connectivity index (χ4n) is 4.02. The molecule has 2 bridgehead atoms. The number of carbonyl (C=O) groups is 2. The first-order valence-electron chi connectivity index (χ1n) is 8.25. The highest BCUT2D eigenvalue weighted by Gasteiger charge is 2.48. The Balaban J connectivity index is 1.75. The molecule has 126 valence electrons. The minimum atomic E-state index is -0.677. The molecule has 4 rings (SSSR count). The van der Waals surface area contributed by atoms with Crippen molar-refractivity contribution in [2.24, 2.45) is 11.8 Å². The smallest absolute Gasteiger partial charge is 0.152 e. The van der Waals surface area contributed by atoms with E-state index in [1.54, 1.807) is 0 Å². The van der Waals surface area contributed by atoms with Crippen LogP contribution >= 0.6 is 34.5 Å². The summed E-state index contributed by atoms with van der Waals surface area (Å²) in [5, 5.41) is 2.25. The Labute approximate surface area is 154 Å². The fraction of sp³-hybridized carbons (Fsp3) is 0.500. The first kappa shape index (κ1) is 16.5. The topological polar surface area (TPSA) is 47.0 Å². The number of rotatable bonds is 2. The first-order chi connectivity index (χ1) is 11.5. The molecule has 0 radical (unpaired) electrons. The second-order valence-corrected chi connectivity index (χ2v) is 8.96. The summed E-state index contributed by atoms with van der Waals surface area (Å²) in [4.78, 5) is 31.0. The Kier molecular flexibility index (Phi) is 4.18. The van der Waals surface area contributed by atoms with E-state index in [-0.39, 0.29) is 23.4 Å². The largest absolute Gasteiger partial charge is 0.298 e. The average molecular weight is 382 g/mol. The van der Waals surface area contributed by atoms with Gasteiger partial charge in [0.1, 0.15) is 10.9 Å². The van der Waals surface area contributed by atoms with E-state index < -0.39 is 5.92 Å². The number of aromatic nitrogens is 1. The van der Waals surface area contributed by atoms with Crippen molar-refractivity contribution in [3.63, 3.8) is 0 Å². The molecule has 2 saturated carbocycles. The number of hydrogen-bond donors (Lipinski definition) is 0. The Hall–Kier alpha value is -0.970. The lowest BCUT2D eigenvalue weighted by atomic mass is 9.77. The molecule has 0 N–H and O–H groups in total. The van der Waals surface area contributed by atoms with Crippen molar-refractivity contribution in [2.75, 3.05) is 0 Å². The third-order valence-electron chi connectivity index (χ3n) is 5.32. The van der Waals surface area contributed by atoms with Crippen molar-refractivity contribution in [3.8, 4) is 0 Å². The zero-order chi connectivity index (χ0) is 17.0. The van der Waals surface area contributed by atoms with Crippen LogP contribution in [0.2, 0.25) is 0 Å². The van der Waals surface area contributed by atoms with Crippen molar-refractivity contribution in [2.45, 2.75) is 44.9 Å². The number of aryl methyl sites for hydroxylation is 1. The van der Waals surface area contributed by atoms with E-state index in [4.69, 9.17) is 23.2 Å². The third kappa shape index (κ3) is 2.59. The van der Waals surface area contributed by atoms with Crippen molar-refractivity contribution in [3.05, 3.63) is 31.7 Å². The maximum absolute atomic E-state index is 12.7. The van der Waals surface area contributed by atoms with E-state index in [0.717, 1.165) is 51.2 Å². The fourth-order valence-corrected chi connectivity index (χ4v) is 5.51. The molecule has 2 atom stereocenters. The highest BCUT2D eigenvalue weighted by atomic mass is 35.5. The molecule has 1 aromatic heterocycles. The van der Waals surface area contributed by atoms with Crippen molar-refractivity contribution in [1.29, 1.82) is 0 Å². The quantitative estimate of drug-likeness (QED) is 0.679. The summed E-state index contributed by atoms with van der Waals surface area (Å²) in [6.45, 7) is 1.93. The van der Waals surface area contributed by atoms with Crippen LogP contribution in [0.3, 0.4) is 0 Å². The molecular formula is C18H17Cl2NO2S. The standard InChI is InChI=1S/C18H17Cl2NO2S/c1-8-15(14-16(22)9-2-3-10(6-9)17(14)23)21-18(24-8)12-7-11(19)4-5-13(12)20/h7,9-10,14H,2-6H2,1H3/t9-,10-/m0/s1. The highest BCUT2D eigenvalue weighted by molar-refractivity contribution is 7.13. The van der Waals surface area contributed by atoms with E-state index in [0.29, 0.717) is 12.1 Å². The van der Waals surface area contributed by atoms with Gasteiger partial charge in [-0.15, -0.1) is 11.3 Å². The number of hydrogen-bond acceptors (Lipinski definition) is 4. The number of fused-ring (bicyclic) bond motifs is 2. The van der Waals surface area contributed by atoms with Crippen LogP contribution in [-0.4, -0.2) is 16.6 Å². The molecule has 0 unspecified atom stereocenters. The lowest BCUT2D eigenvalue weighted by Gasteiger charge is -2.24. The number of thiazole rings is 1. The Morgan fingerprint density at radius 1 is 1.12 bits per heavy atom. The number of nitrogens with zero attached hydrogens (tertiary/aromatic N) is 1. The van der Waals surface area contributed by atoms with E-state index in [9.17, 15) is 9.59 Å².